The average Bonchev–Trinajstić information content (AvgIpc) is 3.27. The average molecular weight is 587 g/mol. The summed E-state index contributed by atoms with van der Waals surface area (Å²) in [6, 6.07) is 18.9. The number of esters is 1. The quantitative estimate of drug-likeness (QED) is 0.251. The summed E-state index contributed by atoms with van der Waals surface area (Å²) in [6.07, 6.45) is 1.77. The first kappa shape index (κ1) is 29.0. The van der Waals surface area contributed by atoms with Crippen molar-refractivity contribution in [3.8, 4) is 11.5 Å². The minimum absolute atomic E-state index is 0.0475. The van der Waals surface area contributed by atoms with Gasteiger partial charge in [-0.2, -0.15) is 0 Å². The minimum atomic E-state index is -0.670. The maximum Gasteiger partial charge on any atom is 0.338 e. The van der Waals surface area contributed by atoms with Crippen LogP contribution in [0.1, 0.15) is 49.1 Å². The zero-order valence-corrected chi connectivity index (χ0v) is 24.7. The second-order valence-corrected chi connectivity index (χ2v) is 10.7. The fourth-order valence-electron chi connectivity index (χ4n) is 4.78. The van der Waals surface area contributed by atoms with Crippen molar-refractivity contribution in [2.24, 2.45) is 4.99 Å². The van der Waals surface area contributed by atoms with Crippen LogP contribution in [0, 0.1) is 12.7 Å². The lowest BCUT2D eigenvalue weighted by Gasteiger charge is -2.24. The summed E-state index contributed by atoms with van der Waals surface area (Å²) in [7, 11) is 0. The molecular weight excluding hydrogens is 555 g/mol. The van der Waals surface area contributed by atoms with Crippen LogP contribution in [0.25, 0.3) is 6.08 Å². The van der Waals surface area contributed by atoms with Crippen LogP contribution in [0.4, 0.5) is 4.39 Å². The first-order valence-corrected chi connectivity index (χ1v) is 14.5. The number of thiazole rings is 1. The Hall–Kier alpha value is -4.50. The highest BCUT2D eigenvalue weighted by Gasteiger charge is 2.33. The Morgan fingerprint density at radius 2 is 1.76 bits per heavy atom. The summed E-state index contributed by atoms with van der Waals surface area (Å²) in [5, 5.41) is 0. The summed E-state index contributed by atoms with van der Waals surface area (Å²) in [6.45, 7) is 8.01. The van der Waals surface area contributed by atoms with Crippen LogP contribution in [0.5, 0.6) is 11.5 Å². The van der Waals surface area contributed by atoms with Gasteiger partial charge >= 0.3 is 5.97 Å². The molecule has 1 aliphatic heterocycles. The molecule has 2 heterocycles. The van der Waals surface area contributed by atoms with Crippen molar-refractivity contribution in [2.75, 3.05) is 13.2 Å². The van der Waals surface area contributed by atoms with Gasteiger partial charge in [0.15, 0.2) is 16.3 Å². The van der Waals surface area contributed by atoms with Gasteiger partial charge in [-0.3, -0.25) is 9.36 Å². The number of benzene rings is 3. The molecule has 0 amide bonds. The SMILES string of the molecule is CCOC(=O)C1=C(C)N=c2s/c(=C/c3ccc(OCc4ccccc4F)c(OCC)c3)c(=O)n2[C@H]1c1ccc(C)cc1. The van der Waals surface area contributed by atoms with Crippen LogP contribution in [0.15, 0.2) is 87.8 Å². The fourth-order valence-corrected chi connectivity index (χ4v) is 5.83. The molecule has 3 aromatic carbocycles. The maximum atomic E-state index is 14.1. The Bertz CT molecular complexity index is 1840. The summed E-state index contributed by atoms with van der Waals surface area (Å²) in [5.74, 6) is 0.111. The molecule has 9 heteroatoms. The Morgan fingerprint density at radius 1 is 1.00 bits per heavy atom. The molecule has 0 bridgehead atoms. The molecule has 1 atom stereocenters. The Morgan fingerprint density at radius 3 is 2.48 bits per heavy atom. The monoisotopic (exact) mass is 586 g/mol. The van der Waals surface area contributed by atoms with Gasteiger partial charge in [-0.15, -0.1) is 0 Å². The van der Waals surface area contributed by atoms with E-state index in [-0.39, 0.29) is 24.6 Å². The Balaban J connectivity index is 1.55. The number of carbonyl (C=O) groups excluding carboxylic acids is 1. The van der Waals surface area contributed by atoms with E-state index < -0.39 is 12.0 Å². The topological polar surface area (TPSA) is 79.1 Å². The van der Waals surface area contributed by atoms with E-state index in [1.165, 1.54) is 17.4 Å². The van der Waals surface area contributed by atoms with E-state index in [0.717, 1.165) is 16.7 Å². The molecule has 4 aromatic rings. The van der Waals surface area contributed by atoms with Gasteiger partial charge in [0, 0.05) is 5.56 Å². The molecule has 0 aliphatic carbocycles. The highest BCUT2D eigenvalue weighted by atomic mass is 32.1. The molecule has 0 radical (unpaired) electrons. The normalized spacial score (nSPS) is 14.8. The standard InChI is InChI=1S/C33H31FN2O5S/c1-5-39-27-17-22(13-16-26(27)41-19-24-9-7-8-10-25(24)34)18-28-31(37)36-30(23-14-11-20(3)12-15-23)29(32(38)40-6-2)21(4)35-33(36)42-28/h7-18,30H,5-6,19H2,1-4H3/b28-18+/t30-/m0/s1. The molecule has 42 heavy (non-hydrogen) atoms. The number of nitrogens with zero attached hydrogens (tertiary/aromatic N) is 2. The molecule has 0 spiro atoms. The van der Waals surface area contributed by atoms with Gasteiger partial charge in [0.05, 0.1) is 35.1 Å². The van der Waals surface area contributed by atoms with Gasteiger partial charge < -0.3 is 14.2 Å². The van der Waals surface area contributed by atoms with Crippen LogP contribution in [-0.4, -0.2) is 23.8 Å². The van der Waals surface area contributed by atoms with E-state index in [2.05, 4.69) is 4.99 Å². The first-order valence-electron chi connectivity index (χ1n) is 13.7. The smallest absolute Gasteiger partial charge is 0.338 e. The van der Waals surface area contributed by atoms with Crippen molar-refractivity contribution in [2.45, 2.75) is 40.3 Å². The molecule has 0 saturated heterocycles. The lowest BCUT2D eigenvalue weighted by atomic mass is 9.95. The van der Waals surface area contributed by atoms with Crippen LogP contribution in [0.2, 0.25) is 0 Å². The van der Waals surface area contributed by atoms with Crippen LogP contribution in [-0.2, 0) is 16.1 Å². The number of rotatable bonds is 9. The summed E-state index contributed by atoms with van der Waals surface area (Å²) < 4.78 is 33.2. The number of carbonyl (C=O) groups is 1. The van der Waals surface area contributed by atoms with Gasteiger partial charge in [0.1, 0.15) is 12.4 Å². The maximum absolute atomic E-state index is 14.1. The van der Waals surface area contributed by atoms with Crippen LogP contribution in [0.3, 0.4) is 0 Å². The molecule has 1 aliphatic rings. The minimum Gasteiger partial charge on any atom is -0.490 e. The van der Waals surface area contributed by atoms with E-state index in [1.54, 1.807) is 54.8 Å². The molecular formula is C33H31FN2O5S. The molecule has 1 aromatic heterocycles. The number of fused-ring (bicyclic) bond motifs is 1. The third-order valence-corrected chi connectivity index (χ3v) is 7.80. The zero-order chi connectivity index (χ0) is 29.8. The van der Waals surface area contributed by atoms with Crippen molar-refractivity contribution in [1.82, 2.24) is 4.57 Å². The van der Waals surface area contributed by atoms with Crippen LogP contribution < -0.4 is 24.4 Å². The predicted molar refractivity (Wildman–Crippen MR) is 160 cm³/mol. The molecule has 0 unspecified atom stereocenters. The van der Waals surface area contributed by atoms with Gasteiger partial charge in [0.2, 0.25) is 0 Å². The highest BCUT2D eigenvalue weighted by Crippen LogP contribution is 2.32. The molecule has 5 rings (SSSR count). The van der Waals surface area contributed by atoms with Gasteiger partial charge in [-0.1, -0.05) is 65.4 Å². The molecule has 0 saturated carbocycles. The van der Waals surface area contributed by atoms with Crippen molar-refractivity contribution >= 4 is 23.4 Å². The second kappa shape index (κ2) is 12.6. The second-order valence-electron chi connectivity index (χ2n) is 9.73. The van der Waals surface area contributed by atoms with E-state index in [0.29, 0.717) is 44.3 Å². The largest absolute Gasteiger partial charge is 0.490 e. The number of hydrogen-bond acceptors (Lipinski definition) is 7. The van der Waals surface area contributed by atoms with E-state index in [9.17, 15) is 14.0 Å². The van der Waals surface area contributed by atoms with Crippen LogP contribution >= 0.6 is 11.3 Å². The van der Waals surface area contributed by atoms with Crippen molar-refractivity contribution in [3.63, 3.8) is 0 Å². The first-order chi connectivity index (χ1) is 20.3. The zero-order valence-electron chi connectivity index (χ0n) is 23.8. The number of aryl methyl sites for hydroxylation is 1. The summed E-state index contributed by atoms with van der Waals surface area (Å²) >= 11 is 1.25. The Labute approximate surface area is 246 Å². The number of aromatic nitrogens is 1. The number of hydrogen-bond donors (Lipinski definition) is 0. The van der Waals surface area contributed by atoms with E-state index in [1.807, 2.05) is 44.2 Å². The molecule has 0 N–H and O–H groups in total. The number of halogens is 1. The van der Waals surface area contributed by atoms with E-state index in [4.69, 9.17) is 14.2 Å². The van der Waals surface area contributed by atoms with Crippen molar-refractivity contribution < 1.29 is 23.4 Å². The lowest BCUT2D eigenvalue weighted by molar-refractivity contribution is -0.139. The molecule has 7 nitrogen and oxygen atoms in total. The predicted octanol–water partition coefficient (Wildman–Crippen LogP) is 5.22. The lowest BCUT2D eigenvalue weighted by Crippen LogP contribution is -2.39. The fraction of sp³-hybridized carbons (Fsp3) is 0.242. The third-order valence-electron chi connectivity index (χ3n) is 6.82. The highest BCUT2D eigenvalue weighted by molar-refractivity contribution is 7.07. The molecule has 0 fully saturated rings. The number of ether oxygens (including phenoxy) is 3. The van der Waals surface area contributed by atoms with Gasteiger partial charge in [-0.05, 0) is 63.1 Å². The Kier molecular flexibility index (Phi) is 8.68. The number of allylic oxidation sites excluding steroid dienone is 1. The summed E-state index contributed by atoms with van der Waals surface area (Å²) in [4.78, 5) is 32.1. The van der Waals surface area contributed by atoms with Gasteiger partial charge in [-0.25, -0.2) is 14.2 Å². The van der Waals surface area contributed by atoms with Gasteiger partial charge in [0.25, 0.3) is 5.56 Å². The summed E-state index contributed by atoms with van der Waals surface area (Å²) in [5.41, 5.74) is 3.60. The van der Waals surface area contributed by atoms with E-state index >= 15 is 0 Å². The van der Waals surface area contributed by atoms with Crippen molar-refractivity contribution in [1.29, 1.82) is 0 Å². The molecule has 216 valence electrons. The third kappa shape index (κ3) is 5.92. The van der Waals surface area contributed by atoms with Crippen molar-refractivity contribution in [3.05, 3.63) is 126 Å².